The third-order valence-corrected chi connectivity index (χ3v) is 9.20. The SMILES string of the molecule is CCCCCCC1CCC(c2ccc(OC(=O)C(CCCC)CCCc3ccc(-c4ccccc4)cc3)cc2)CC1. The van der Waals surface area contributed by atoms with Crippen molar-refractivity contribution in [1.29, 1.82) is 0 Å². The van der Waals surface area contributed by atoms with Gasteiger partial charge >= 0.3 is 5.97 Å². The van der Waals surface area contributed by atoms with Crippen molar-refractivity contribution in [3.63, 3.8) is 0 Å². The Hall–Kier alpha value is -2.87. The zero-order valence-electron chi connectivity index (χ0n) is 25.7. The Kier molecular flexibility index (Phi) is 13.0. The van der Waals surface area contributed by atoms with E-state index in [0.29, 0.717) is 11.7 Å². The van der Waals surface area contributed by atoms with E-state index in [9.17, 15) is 4.79 Å². The van der Waals surface area contributed by atoms with Crippen molar-refractivity contribution < 1.29 is 9.53 Å². The molecule has 0 N–H and O–H groups in total. The van der Waals surface area contributed by atoms with Gasteiger partial charge in [0.05, 0.1) is 5.92 Å². The molecule has 0 radical (unpaired) electrons. The van der Waals surface area contributed by atoms with Gasteiger partial charge in [-0.1, -0.05) is 126 Å². The van der Waals surface area contributed by atoms with Gasteiger partial charge in [-0.15, -0.1) is 0 Å². The summed E-state index contributed by atoms with van der Waals surface area (Å²) in [7, 11) is 0. The normalized spacial score (nSPS) is 17.7. The van der Waals surface area contributed by atoms with Crippen LogP contribution in [0.15, 0.2) is 78.9 Å². The van der Waals surface area contributed by atoms with E-state index in [1.54, 1.807) is 0 Å². The molecule has 2 nitrogen and oxygen atoms in total. The molecular weight excluding hydrogens is 500 g/mol. The Labute approximate surface area is 249 Å². The topological polar surface area (TPSA) is 26.3 Å². The summed E-state index contributed by atoms with van der Waals surface area (Å²) in [6, 6.07) is 27.8. The van der Waals surface area contributed by atoms with Crippen LogP contribution in [-0.4, -0.2) is 5.97 Å². The molecule has 41 heavy (non-hydrogen) atoms. The van der Waals surface area contributed by atoms with E-state index in [2.05, 4.69) is 80.6 Å². The fourth-order valence-electron chi connectivity index (χ4n) is 6.53. The van der Waals surface area contributed by atoms with E-state index in [-0.39, 0.29) is 11.9 Å². The lowest BCUT2D eigenvalue weighted by Crippen LogP contribution is -2.21. The first-order valence-electron chi connectivity index (χ1n) is 16.6. The van der Waals surface area contributed by atoms with Gasteiger partial charge in [0.2, 0.25) is 0 Å². The second-order valence-electron chi connectivity index (χ2n) is 12.4. The van der Waals surface area contributed by atoms with Gasteiger partial charge in [0, 0.05) is 0 Å². The molecule has 3 aromatic carbocycles. The van der Waals surface area contributed by atoms with Crippen LogP contribution in [0.4, 0.5) is 0 Å². The first-order chi connectivity index (χ1) is 20.2. The molecular formula is C39H52O2. The molecule has 0 spiro atoms. The fraction of sp³-hybridized carbons (Fsp3) is 0.513. The summed E-state index contributed by atoms with van der Waals surface area (Å²) >= 11 is 0. The third kappa shape index (κ3) is 10.2. The summed E-state index contributed by atoms with van der Waals surface area (Å²) in [5, 5.41) is 0. The summed E-state index contributed by atoms with van der Waals surface area (Å²) in [4.78, 5) is 13.2. The highest BCUT2D eigenvalue weighted by Crippen LogP contribution is 2.38. The number of ether oxygens (including phenoxy) is 1. The zero-order chi connectivity index (χ0) is 28.7. The summed E-state index contributed by atoms with van der Waals surface area (Å²) in [5.41, 5.74) is 5.23. The van der Waals surface area contributed by atoms with E-state index in [1.165, 1.54) is 80.0 Å². The fourth-order valence-corrected chi connectivity index (χ4v) is 6.53. The minimum atomic E-state index is -0.0609. The van der Waals surface area contributed by atoms with Crippen molar-refractivity contribution in [2.24, 2.45) is 11.8 Å². The van der Waals surface area contributed by atoms with Crippen molar-refractivity contribution in [2.75, 3.05) is 0 Å². The number of hydrogen-bond acceptors (Lipinski definition) is 2. The van der Waals surface area contributed by atoms with Crippen LogP contribution in [0.5, 0.6) is 5.75 Å². The van der Waals surface area contributed by atoms with E-state index in [1.807, 2.05) is 12.1 Å². The molecule has 0 bridgehead atoms. The lowest BCUT2D eigenvalue weighted by Gasteiger charge is -2.29. The average molecular weight is 553 g/mol. The van der Waals surface area contributed by atoms with Crippen molar-refractivity contribution in [3.8, 4) is 16.9 Å². The van der Waals surface area contributed by atoms with Gasteiger partial charge < -0.3 is 4.74 Å². The van der Waals surface area contributed by atoms with Crippen molar-refractivity contribution in [3.05, 3.63) is 90.0 Å². The number of esters is 1. The van der Waals surface area contributed by atoms with Crippen LogP contribution in [-0.2, 0) is 11.2 Å². The van der Waals surface area contributed by atoms with Crippen molar-refractivity contribution in [2.45, 2.75) is 116 Å². The van der Waals surface area contributed by atoms with Crippen LogP contribution in [0.3, 0.4) is 0 Å². The molecule has 0 saturated heterocycles. The van der Waals surface area contributed by atoms with Gasteiger partial charge in [-0.2, -0.15) is 0 Å². The number of hydrogen-bond donors (Lipinski definition) is 0. The van der Waals surface area contributed by atoms with E-state index in [4.69, 9.17) is 4.74 Å². The molecule has 0 aromatic heterocycles. The maximum Gasteiger partial charge on any atom is 0.314 e. The lowest BCUT2D eigenvalue weighted by molar-refractivity contribution is -0.139. The minimum Gasteiger partial charge on any atom is -0.426 e. The number of unbranched alkanes of at least 4 members (excludes halogenated alkanes) is 4. The molecule has 0 aliphatic heterocycles. The van der Waals surface area contributed by atoms with Crippen molar-refractivity contribution >= 4 is 5.97 Å². The highest BCUT2D eigenvalue weighted by atomic mass is 16.5. The molecule has 1 fully saturated rings. The highest BCUT2D eigenvalue weighted by molar-refractivity contribution is 5.75. The molecule has 1 unspecified atom stereocenters. The monoisotopic (exact) mass is 552 g/mol. The summed E-state index contributed by atoms with van der Waals surface area (Å²) in [6.45, 7) is 4.48. The molecule has 2 heteroatoms. The van der Waals surface area contributed by atoms with E-state index < -0.39 is 0 Å². The third-order valence-electron chi connectivity index (χ3n) is 9.20. The van der Waals surface area contributed by atoms with Crippen LogP contribution < -0.4 is 4.74 Å². The standard InChI is InChI=1S/C39H52O2/c1-3-5-7-9-13-31-19-25-35(26-20-31)36-27-29-38(30-28-36)41-39(40)37(15-6-4-2)18-12-14-32-21-23-34(24-22-32)33-16-10-8-11-17-33/h8,10-11,16-17,21-24,27-31,35,37H,3-7,9,12-15,18-20,25-26H2,1-2H3. The second kappa shape index (κ2) is 17.2. The molecule has 1 aliphatic carbocycles. The lowest BCUT2D eigenvalue weighted by atomic mass is 9.77. The Morgan fingerprint density at radius 3 is 2.05 bits per heavy atom. The average Bonchev–Trinajstić information content (AvgIpc) is 3.02. The van der Waals surface area contributed by atoms with Gasteiger partial charge in [-0.25, -0.2) is 0 Å². The van der Waals surface area contributed by atoms with Crippen molar-refractivity contribution in [1.82, 2.24) is 0 Å². The Balaban J connectivity index is 1.23. The van der Waals surface area contributed by atoms with Gasteiger partial charge in [0.1, 0.15) is 5.75 Å². The number of benzene rings is 3. The summed E-state index contributed by atoms with van der Waals surface area (Å²) < 4.78 is 5.93. The van der Waals surface area contributed by atoms with Gasteiger partial charge in [-0.3, -0.25) is 4.79 Å². The van der Waals surface area contributed by atoms with Gasteiger partial charge in [0.15, 0.2) is 0 Å². The molecule has 0 heterocycles. The quantitative estimate of drug-likeness (QED) is 0.100. The number of carbonyl (C=O) groups excluding carboxylic acids is 1. The molecule has 0 amide bonds. The molecule has 3 aromatic rings. The van der Waals surface area contributed by atoms with E-state index in [0.717, 1.165) is 44.4 Å². The van der Waals surface area contributed by atoms with Crippen LogP contribution >= 0.6 is 0 Å². The van der Waals surface area contributed by atoms with E-state index >= 15 is 0 Å². The van der Waals surface area contributed by atoms with Crippen LogP contribution in [0.25, 0.3) is 11.1 Å². The Bertz CT molecular complexity index is 1120. The maximum atomic E-state index is 13.2. The first-order valence-corrected chi connectivity index (χ1v) is 16.6. The smallest absolute Gasteiger partial charge is 0.314 e. The Morgan fingerprint density at radius 1 is 0.707 bits per heavy atom. The summed E-state index contributed by atoms with van der Waals surface area (Å²) in [6.07, 6.45) is 18.2. The number of aryl methyl sites for hydroxylation is 1. The molecule has 220 valence electrons. The summed E-state index contributed by atoms with van der Waals surface area (Å²) in [5.74, 6) is 2.18. The maximum absolute atomic E-state index is 13.2. The van der Waals surface area contributed by atoms with Gasteiger partial charge in [0.25, 0.3) is 0 Å². The van der Waals surface area contributed by atoms with Crippen LogP contribution in [0.2, 0.25) is 0 Å². The second-order valence-corrected chi connectivity index (χ2v) is 12.4. The first kappa shape index (κ1) is 31.1. The predicted molar refractivity (Wildman–Crippen MR) is 173 cm³/mol. The largest absolute Gasteiger partial charge is 0.426 e. The Morgan fingerprint density at radius 2 is 1.37 bits per heavy atom. The molecule has 1 saturated carbocycles. The minimum absolute atomic E-state index is 0.0363. The number of carbonyl (C=O) groups is 1. The zero-order valence-corrected chi connectivity index (χ0v) is 25.7. The van der Waals surface area contributed by atoms with Crippen LogP contribution in [0, 0.1) is 11.8 Å². The number of rotatable bonds is 16. The highest BCUT2D eigenvalue weighted by Gasteiger charge is 2.23. The van der Waals surface area contributed by atoms with Crippen LogP contribution in [0.1, 0.15) is 121 Å². The predicted octanol–water partition coefficient (Wildman–Crippen LogP) is 11.3. The molecule has 1 atom stereocenters. The molecule has 1 aliphatic rings. The van der Waals surface area contributed by atoms with Gasteiger partial charge in [-0.05, 0) is 97.6 Å². The molecule has 4 rings (SSSR count).